The molecule has 0 aliphatic rings. The standard InChI is InChI=1S/C10H14F2N2O/c1-7-3-9(8(6-15)4-13-7)14(2)5-10(11)12/h3-4,10,15H,5-6H2,1-2H3. The van der Waals surface area contributed by atoms with E-state index in [0.29, 0.717) is 11.3 Å². The highest BCUT2D eigenvalue weighted by molar-refractivity contribution is 5.52. The van der Waals surface area contributed by atoms with Crippen LogP contribution >= 0.6 is 0 Å². The molecule has 0 aromatic carbocycles. The maximum absolute atomic E-state index is 12.2. The molecule has 84 valence electrons. The van der Waals surface area contributed by atoms with Crippen LogP contribution in [-0.2, 0) is 6.61 Å². The van der Waals surface area contributed by atoms with Gasteiger partial charge in [0.2, 0.25) is 0 Å². The topological polar surface area (TPSA) is 36.4 Å². The molecule has 0 amide bonds. The molecule has 0 bridgehead atoms. The molecule has 0 fully saturated rings. The molecule has 1 aromatic heterocycles. The zero-order valence-corrected chi connectivity index (χ0v) is 8.74. The summed E-state index contributed by atoms with van der Waals surface area (Å²) in [6, 6.07) is 1.69. The molecule has 1 N–H and O–H groups in total. The van der Waals surface area contributed by atoms with E-state index in [0.717, 1.165) is 5.69 Å². The van der Waals surface area contributed by atoms with Gasteiger partial charge >= 0.3 is 0 Å². The molecule has 0 saturated carbocycles. The molecule has 1 heterocycles. The van der Waals surface area contributed by atoms with Crippen LogP contribution in [0.5, 0.6) is 0 Å². The second-order valence-corrected chi connectivity index (χ2v) is 3.38. The monoisotopic (exact) mass is 216 g/mol. The van der Waals surface area contributed by atoms with Crippen molar-refractivity contribution in [1.82, 2.24) is 4.98 Å². The van der Waals surface area contributed by atoms with Crippen LogP contribution in [0.4, 0.5) is 14.5 Å². The van der Waals surface area contributed by atoms with Crippen molar-refractivity contribution in [2.24, 2.45) is 0 Å². The van der Waals surface area contributed by atoms with E-state index < -0.39 is 6.43 Å². The van der Waals surface area contributed by atoms with Crippen LogP contribution in [0, 0.1) is 6.92 Å². The molecule has 0 aliphatic carbocycles. The largest absolute Gasteiger partial charge is 0.392 e. The summed E-state index contributed by atoms with van der Waals surface area (Å²) in [6.45, 7) is 1.23. The van der Waals surface area contributed by atoms with Gasteiger partial charge in [-0.2, -0.15) is 0 Å². The minimum absolute atomic E-state index is 0.198. The Morgan fingerprint density at radius 2 is 2.20 bits per heavy atom. The number of anilines is 1. The van der Waals surface area contributed by atoms with Crippen molar-refractivity contribution in [3.8, 4) is 0 Å². The molecule has 5 heteroatoms. The Labute approximate surface area is 87.4 Å². The number of nitrogens with zero attached hydrogens (tertiary/aromatic N) is 2. The molecule has 0 aliphatic heterocycles. The Morgan fingerprint density at radius 1 is 1.53 bits per heavy atom. The van der Waals surface area contributed by atoms with Gasteiger partial charge in [0.05, 0.1) is 13.2 Å². The Kier molecular flexibility index (Phi) is 3.96. The molecule has 3 nitrogen and oxygen atoms in total. The number of aryl methyl sites for hydroxylation is 1. The highest BCUT2D eigenvalue weighted by Crippen LogP contribution is 2.20. The fourth-order valence-corrected chi connectivity index (χ4v) is 1.36. The molecule has 0 atom stereocenters. The van der Waals surface area contributed by atoms with Gasteiger partial charge in [0.15, 0.2) is 0 Å². The number of pyridine rings is 1. The van der Waals surface area contributed by atoms with Crippen molar-refractivity contribution in [3.05, 3.63) is 23.5 Å². The second kappa shape index (κ2) is 5.02. The van der Waals surface area contributed by atoms with Crippen LogP contribution in [0.15, 0.2) is 12.3 Å². The third-order valence-corrected chi connectivity index (χ3v) is 2.09. The Bertz CT molecular complexity index is 331. The number of halogens is 2. The summed E-state index contributed by atoms with van der Waals surface area (Å²) >= 11 is 0. The molecule has 0 unspecified atom stereocenters. The van der Waals surface area contributed by atoms with E-state index in [4.69, 9.17) is 5.11 Å². The second-order valence-electron chi connectivity index (χ2n) is 3.38. The number of aliphatic hydroxyl groups excluding tert-OH is 1. The van der Waals surface area contributed by atoms with E-state index in [1.807, 2.05) is 0 Å². The van der Waals surface area contributed by atoms with Crippen LogP contribution in [0.1, 0.15) is 11.3 Å². The average molecular weight is 216 g/mol. The average Bonchev–Trinajstić information content (AvgIpc) is 2.16. The van der Waals surface area contributed by atoms with E-state index in [2.05, 4.69) is 4.98 Å². The number of hydrogen-bond acceptors (Lipinski definition) is 3. The molecule has 0 spiro atoms. The zero-order valence-electron chi connectivity index (χ0n) is 8.74. The van der Waals surface area contributed by atoms with Crippen molar-refractivity contribution in [1.29, 1.82) is 0 Å². The zero-order chi connectivity index (χ0) is 11.4. The van der Waals surface area contributed by atoms with Gasteiger partial charge in [-0.1, -0.05) is 0 Å². The number of alkyl halides is 2. The van der Waals surface area contributed by atoms with E-state index in [1.54, 1.807) is 20.0 Å². The van der Waals surface area contributed by atoms with Crippen LogP contribution in [0.25, 0.3) is 0 Å². The maximum Gasteiger partial charge on any atom is 0.255 e. The Balaban J connectivity index is 2.94. The fourth-order valence-electron chi connectivity index (χ4n) is 1.36. The summed E-state index contributed by atoms with van der Waals surface area (Å²) in [5.74, 6) is 0. The molecule has 0 radical (unpaired) electrons. The van der Waals surface area contributed by atoms with Crippen LogP contribution < -0.4 is 4.90 Å². The lowest BCUT2D eigenvalue weighted by Crippen LogP contribution is -2.25. The number of rotatable bonds is 4. The quantitative estimate of drug-likeness (QED) is 0.830. The van der Waals surface area contributed by atoms with E-state index in [9.17, 15) is 8.78 Å². The number of hydrogen-bond donors (Lipinski definition) is 1. The maximum atomic E-state index is 12.2. The predicted molar refractivity (Wildman–Crippen MR) is 54.2 cm³/mol. The third kappa shape index (κ3) is 3.13. The van der Waals surface area contributed by atoms with E-state index in [1.165, 1.54) is 11.1 Å². The Morgan fingerprint density at radius 3 is 2.73 bits per heavy atom. The molecular weight excluding hydrogens is 202 g/mol. The Hall–Kier alpha value is -1.23. The lowest BCUT2D eigenvalue weighted by atomic mass is 10.2. The van der Waals surface area contributed by atoms with E-state index >= 15 is 0 Å². The minimum atomic E-state index is -2.39. The van der Waals surface area contributed by atoms with E-state index in [-0.39, 0.29) is 13.2 Å². The lowest BCUT2D eigenvalue weighted by molar-refractivity contribution is 0.156. The van der Waals surface area contributed by atoms with Gasteiger partial charge in [-0.3, -0.25) is 4.98 Å². The fraction of sp³-hybridized carbons (Fsp3) is 0.500. The summed E-state index contributed by atoms with van der Waals surface area (Å²) in [6.07, 6.45) is -0.887. The minimum Gasteiger partial charge on any atom is -0.392 e. The summed E-state index contributed by atoms with van der Waals surface area (Å²) in [7, 11) is 1.57. The van der Waals surface area contributed by atoms with Gasteiger partial charge in [0.25, 0.3) is 6.43 Å². The van der Waals surface area contributed by atoms with Crippen molar-refractivity contribution < 1.29 is 13.9 Å². The summed E-state index contributed by atoms with van der Waals surface area (Å²) in [4.78, 5) is 5.42. The SMILES string of the molecule is Cc1cc(N(C)CC(F)F)c(CO)cn1. The summed E-state index contributed by atoms with van der Waals surface area (Å²) in [5.41, 5.74) is 1.90. The first-order valence-corrected chi connectivity index (χ1v) is 4.60. The van der Waals surface area contributed by atoms with Gasteiger partial charge in [0, 0.05) is 30.2 Å². The first kappa shape index (κ1) is 11.8. The lowest BCUT2D eigenvalue weighted by Gasteiger charge is -2.21. The van der Waals surface area contributed by atoms with Crippen molar-refractivity contribution in [2.75, 3.05) is 18.5 Å². The first-order valence-electron chi connectivity index (χ1n) is 4.60. The van der Waals surface area contributed by atoms with Gasteiger partial charge in [-0.05, 0) is 13.0 Å². The van der Waals surface area contributed by atoms with Crippen LogP contribution in [0.3, 0.4) is 0 Å². The highest BCUT2D eigenvalue weighted by atomic mass is 19.3. The molecule has 0 saturated heterocycles. The number of aliphatic hydroxyl groups is 1. The molecule has 15 heavy (non-hydrogen) atoms. The highest BCUT2D eigenvalue weighted by Gasteiger charge is 2.12. The van der Waals surface area contributed by atoms with Gasteiger partial charge in [-0.25, -0.2) is 8.78 Å². The molecular formula is C10H14F2N2O. The smallest absolute Gasteiger partial charge is 0.255 e. The van der Waals surface area contributed by atoms with Crippen LogP contribution in [0.2, 0.25) is 0 Å². The molecule has 1 aromatic rings. The van der Waals surface area contributed by atoms with Crippen LogP contribution in [-0.4, -0.2) is 30.1 Å². The summed E-state index contributed by atoms with van der Waals surface area (Å²) < 4.78 is 24.4. The van der Waals surface area contributed by atoms with Gasteiger partial charge in [-0.15, -0.1) is 0 Å². The van der Waals surface area contributed by atoms with Crippen molar-refractivity contribution >= 4 is 5.69 Å². The van der Waals surface area contributed by atoms with Gasteiger partial charge < -0.3 is 10.0 Å². The normalized spacial score (nSPS) is 10.8. The van der Waals surface area contributed by atoms with Gasteiger partial charge in [0.1, 0.15) is 0 Å². The number of aromatic nitrogens is 1. The third-order valence-electron chi connectivity index (χ3n) is 2.09. The molecule has 1 rings (SSSR count). The van der Waals surface area contributed by atoms with Crippen molar-refractivity contribution in [3.63, 3.8) is 0 Å². The summed E-state index contributed by atoms with van der Waals surface area (Å²) in [5, 5.41) is 9.04. The predicted octanol–water partition coefficient (Wildman–Crippen LogP) is 1.58. The van der Waals surface area contributed by atoms with Crippen molar-refractivity contribution in [2.45, 2.75) is 20.0 Å². The first-order chi connectivity index (χ1) is 7.04.